The maximum absolute atomic E-state index is 8.61. The third-order valence-corrected chi connectivity index (χ3v) is 3.32. The number of piperazine rings is 1. The Hall–Kier alpha value is -0.630. The van der Waals surface area contributed by atoms with E-state index in [-0.39, 0.29) is 11.6 Å². The van der Waals surface area contributed by atoms with E-state index in [1.807, 2.05) is 0 Å². The Morgan fingerprint density at radius 3 is 2.67 bits per heavy atom. The first-order valence-electron chi connectivity index (χ1n) is 5.54. The van der Waals surface area contributed by atoms with Gasteiger partial charge in [0.25, 0.3) is 0 Å². The summed E-state index contributed by atoms with van der Waals surface area (Å²) in [6.45, 7) is 8.67. The average molecular weight is 210 g/mol. The Labute approximate surface area is 92.6 Å². The van der Waals surface area contributed by atoms with Gasteiger partial charge in [0.2, 0.25) is 0 Å². The molecule has 1 fully saturated rings. The number of nitrogens with zero attached hydrogens (tertiary/aromatic N) is 3. The molecule has 4 heteroatoms. The van der Waals surface area contributed by atoms with E-state index >= 15 is 0 Å². The number of likely N-dealkylation sites (N-methyl/N-ethyl adjacent to an activating group) is 1. The molecule has 1 saturated heterocycles. The fourth-order valence-corrected chi connectivity index (χ4v) is 1.92. The van der Waals surface area contributed by atoms with Crippen LogP contribution in [0.4, 0.5) is 0 Å². The van der Waals surface area contributed by atoms with Crippen LogP contribution in [0.2, 0.25) is 0 Å². The molecule has 86 valence electrons. The largest absolute Gasteiger partial charge is 0.316 e. The normalized spacial score (nSPS) is 24.7. The van der Waals surface area contributed by atoms with Crippen LogP contribution in [0.1, 0.15) is 20.3 Å². The van der Waals surface area contributed by atoms with Gasteiger partial charge in [0.05, 0.1) is 12.1 Å². The molecule has 1 aliphatic heterocycles. The average Bonchev–Trinajstić information content (AvgIpc) is 2.19. The summed E-state index contributed by atoms with van der Waals surface area (Å²) in [5.74, 6) is 0. The lowest BCUT2D eigenvalue weighted by atomic mass is 9.99. The highest BCUT2D eigenvalue weighted by molar-refractivity contribution is 4.91. The minimum Gasteiger partial charge on any atom is -0.316 e. The van der Waals surface area contributed by atoms with Crippen molar-refractivity contribution in [1.82, 2.24) is 9.80 Å². The first-order chi connectivity index (χ1) is 6.95. The van der Waals surface area contributed by atoms with Gasteiger partial charge in [-0.05, 0) is 27.3 Å². The van der Waals surface area contributed by atoms with Crippen molar-refractivity contribution >= 4 is 0 Å². The summed E-state index contributed by atoms with van der Waals surface area (Å²) >= 11 is 0. The maximum atomic E-state index is 8.61. The smallest absolute Gasteiger partial charge is 0.0940 e. The first-order valence-corrected chi connectivity index (χ1v) is 5.54. The molecule has 2 N–H and O–H groups in total. The molecule has 0 aromatic rings. The molecule has 15 heavy (non-hydrogen) atoms. The zero-order valence-corrected chi connectivity index (χ0v) is 10.0. The summed E-state index contributed by atoms with van der Waals surface area (Å²) in [6, 6.07) is 1.76. The van der Waals surface area contributed by atoms with Crippen molar-refractivity contribution < 1.29 is 0 Å². The lowest BCUT2D eigenvalue weighted by Gasteiger charge is -2.45. The molecule has 1 unspecified atom stereocenters. The second-order valence-corrected chi connectivity index (χ2v) is 5.03. The van der Waals surface area contributed by atoms with Crippen LogP contribution in [0.3, 0.4) is 0 Å². The fraction of sp³-hybridized carbons (Fsp3) is 0.909. The van der Waals surface area contributed by atoms with Crippen molar-refractivity contribution in [2.24, 2.45) is 5.73 Å². The third kappa shape index (κ3) is 3.45. The monoisotopic (exact) mass is 210 g/mol. The van der Waals surface area contributed by atoms with Crippen LogP contribution in [0.5, 0.6) is 0 Å². The summed E-state index contributed by atoms with van der Waals surface area (Å²) in [7, 11) is 2.17. The molecule has 1 heterocycles. The second kappa shape index (κ2) is 4.93. The number of hydrogen-bond donors (Lipinski definition) is 1. The van der Waals surface area contributed by atoms with E-state index in [0.29, 0.717) is 0 Å². The van der Waals surface area contributed by atoms with E-state index in [4.69, 9.17) is 11.0 Å². The zero-order chi connectivity index (χ0) is 11.5. The van der Waals surface area contributed by atoms with E-state index in [0.717, 1.165) is 32.6 Å². The van der Waals surface area contributed by atoms with Gasteiger partial charge in [-0.3, -0.25) is 4.90 Å². The molecular weight excluding hydrogens is 188 g/mol. The Morgan fingerprint density at radius 1 is 1.47 bits per heavy atom. The predicted molar refractivity (Wildman–Crippen MR) is 61.4 cm³/mol. The number of hydrogen-bond acceptors (Lipinski definition) is 4. The van der Waals surface area contributed by atoms with Crippen molar-refractivity contribution in [2.45, 2.75) is 31.8 Å². The summed E-state index contributed by atoms with van der Waals surface area (Å²) in [6.07, 6.45) is 0.774. The molecule has 0 saturated carbocycles. The molecule has 0 aliphatic carbocycles. The quantitative estimate of drug-likeness (QED) is 0.725. The number of nitriles is 1. The molecule has 1 aliphatic rings. The molecule has 1 rings (SSSR count). The Bertz CT molecular complexity index is 243. The van der Waals surface area contributed by atoms with Crippen LogP contribution in [0, 0.1) is 11.3 Å². The van der Waals surface area contributed by atoms with Gasteiger partial charge in [0, 0.05) is 31.7 Å². The summed E-state index contributed by atoms with van der Waals surface area (Å²) < 4.78 is 0. The summed E-state index contributed by atoms with van der Waals surface area (Å²) in [5, 5.41) is 8.61. The molecule has 0 radical (unpaired) electrons. The van der Waals surface area contributed by atoms with Crippen molar-refractivity contribution in [2.75, 3.05) is 33.2 Å². The fourth-order valence-electron chi connectivity index (χ4n) is 1.92. The van der Waals surface area contributed by atoms with Gasteiger partial charge in [-0.15, -0.1) is 0 Å². The molecular formula is C11H22N4. The highest BCUT2D eigenvalue weighted by Crippen LogP contribution is 2.18. The van der Waals surface area contributed by atoms with Crippen LogP contribution in [0.25, 0.3) is 0 Å². The van der Waals surface area contributed by atoms with E-state index in [9.17, 15) is 0 Å². The third-order valence-electron chi connectivity index (χ3n) is 3.32. The van der Waals surface area contributed by atoms with Crippen molar-refractivity contribution in [3.8, 4) is 6.07 Å². The Kier molecular flexibility index (Phi) is 4.09. The highest BCUT2D eigenvalue weighted by atomic mass is 15.3. The van der Waals surface area contributed by atoms with Gasteiger partial charge in [0.15, 0.2) is 0 Å². The molecule has 0 aromatic carbocycles. The van der Waals surface area contributed by atoms with E-state index in [1.165, 1.54) is 0 Å². The molecule has 0 spiro atoms. The SMILES string of the molecule is CN1CCN(CCC(N)C#N)CC1(C)C. The van der Waals surface area contributed by atoms with Crippen molar-refractivity contribution in [3.05, 3.63) is 0 Å². The number of rotatable bonds is 3. The standard InChI is InChI=1S/C11H22N4/c1-11(2)9-15(7-6-14(11)3)5-4-10(13)8-12/h10H,4-7,9,13H2,1-3H3. The summed E-state index contributed by atoms with van der Waals surface area (Å²) in [5.41, 5.74) is 5.82. The molecule has 0 bridgehead atoms. The summed E-state index contributed by atoms with van der Waals surface area (Å²) in [4.78, 5) is 4.78. The lowest BCUT2D eigenvalue weighted by molar-refractivity contribution is 0.0393. The second-order valence-electron chi connectivity index (χ2n) is 5.03. The van der Waals surface area contributed by atoms with Crippen LogP contribution >= 0.6 is 0 Å². The topological polar surface area (TPSA) is 56.3 Å². The van der Waals surface area contributed by atoms with Gasteiger partial charge in [-0.25, -0.2) is 0 Å². The zero-order valence-electron chi connectivity index (χ0n) is 10.0. The van der Waals surface area contributed by atoms with Crippen LogP contribution in [-0.2, 0) is 0 Å². The van der Waals surface area contributed by atoms with Gasteiger partial charge in [-0.1, -0.05) is 0 Å². The van der Waals surface area contributed by atoms with Crippen LogP contribution in [0.15, 0.2) is 0 Å². The lowest BCUT2D eigenvalue weighted by Crippen LogP contribution is -2.57. The minimum absolute atomic E-state index is 0.231. The molecule has 4 nitrogen and oxygen atoms in total. The number of nitrogens with two attached hydrogens (primary N) is 1. The molecule has 1 atom stereocenters. The van der Waals surface area contributed by atoms with Gasteiger partial charge in [0.1, 0.15) is 0 Å². The van der Waals surface area contributed by atoms with Gasteiger partial charge in [-0.2, -0.15) is 5.26 Å². The van der Waals surface area contributed by atoms with Gasteiger partial charge >= 0.3 is 0 Å². The molecule has 0 aromatic heterocycles. The predicted octanol–water partition coefficient (Wildman–Crippen LogP) is 0.253. The minimum atomic E-state index is -0.312. The Balaban J connectivity index is 2.37. The van der Waals surface area contributed by atoms with Crippen LogP contribution < -0.4 is 5.73 Å². The first kappa shape index (κ1) is 12.4. The highest BCUT2D eigenvalue weighted by Gasteiger charge is 2.30. The van der Waals surface area contributed by atoms with Gasteiger partial charge < -0.3 is 10.6 Å². The van der Waals surface area contributed by atoms with E-state index in [2.05, 4.69) is 36.8 Å². The maximum Gasteiger partial charge on any atom is 0.0940 e. The molecule has 0 amide bonds. The Morgan fingerprint density at radius 2 is 2.13 bits per heavy atom. The van der Waals surface area contributed by atoms with Crippen LogP contribution in [-0.4, -0.2) is 54.6 Å². The van der Waals surface area contributed by atoms with E-state index in [1.54, 1.807) is 0 Å². The van der Waals surface area contributed by atoms with Crippen molar-refractivity contribution in [3.63, 3.8) is 0 Å². The van der Waals surface area contributed by atoms with E-state index < -0.39 is 0 Å². The van der Waals surface area contributed by atoms with Crippen molar-refractivity contribution in [1.29, 1.82) is 5.26 Å².